The van der Waals surface area contributed by atoms with Gasteiger partial charge in [0.2, 0.25) is 0 Å². The van der Waals surface area contributed by atoms with Crippen LogP contribution in [0.3, 0.4) is 0 Å². The number of amides is 1. The first-order valence-corrected chi connectivity index (χ1v) is 7.37. The van der Waals surface area contributed by atoms with Crippen LogP contribution in [0.25, 0.3) is 0 Å². The molecular weight excluding hydrogens is 294 g/mol. The van der Waals surface area contributed by atoms with Gasteiger partial charge in [-0.15, -0.1) is 0 Å². The molecule has 0 saturated heterocycles. The second kappa shape index (κ2) is 8.75. The Bertz CT molecular complexity index is 612. The molecule has 6 nitrogen and oxygen atoms in total. The van der Waals surface area contributed by atoms with E-state index in [-0.39, 0.29) is 5.91 Å². The molecule has 0 spiro atoms. The fourth-order valence-corrected chi connectivity index (χ4v) is 1.95. The lowest BCUT2D eigenvalue weighted by Crippen LogP contribution is -2.13. The Hall–Kier alpha value is -2.60. The number of hydrogen-bond acceptors (Lipinski definition) is 5. The molecular formula is C17H21N3O3. The van der Waals surface area contributed by atoms with E-state index >= 15 is 0 Å². The lowest BCUT2D eigenvalue weighted by molar-refractivity contribution is 0.102. The summed E-state index contributed by atoms with van der Waals surface area (Å²) in [4.78, 5) is 16.3. The smallest absolute Gasteiger partial charge is 0.256 e. The minimum atomic E-state index is -0.207. The highest BCUT2D eigenvalue weighted by Gasteiger charge is 2.07. The Morgan fingerprint density at radius 2 is 1.91 bits per heavy atom. The van der Waals surface area contributed by atoms with Crippen LogP contribution < -0.4 is 15.4 Å². The highest BCUT2D eigenvalue weighted by atomic mass is 16.5. The predicted molar refractivity (Wildman–Crippen MR) is 90.2 cm³/mol. The second-order valence-electron chi connectivity index (χ2n) is 4.89. The van der Waals surface area contributed by atoms with Crippen molar-refractivity contribution in [2.75, 3.05) is 38.0 Å². The zero-order valence-corrected chi connectivity index (χ0v) is 13.3. The van der Waals surface area contributed by atoms with Gasteiger partial charge in [0.05, 0.1) is 19.0 Å². The van der Waals surface area contributed by atoms with Crippen molar-refractivity contribution in [1.82, 2.24) is 4.98 Å². The standard InChI is InChI=1S/C17H21N3O3/c1-22-11-3-10-18-14-6-9-16(19-12-14)20-17(21)13-4-7-15(23-2)8-5-13/h4-9,12,18H,3,10-11H2,1-2H3,(H,19,20,21). The van der Waals surface area contributed by atoms with Crippen LogP contribution in [-0.2, 0) is 4.74 Å². The Morgan fingerprint density at radius 3 is 2.52 bits per heavy atom. The molecule has 0 saturated carbocycles. The van der Waals surface area contributed by atoms with Gasteiger partial charge in [-0.3, -0.25) is 4.79 Å². The summed E-state index contributed by atoms with van der Waals surface area (Å²) in [5.74, 6) is 1.01. The number of pyridine rings is 1. The molecule has 1 heterocycles. The quantitative estimate of drug-likeness (QED) is 0.733. The number of rotatable bonds is 8. The molecule has 0 aliphatic heterocycles. The Balaban J connectivity index is 1.88. The van der Waals surface area contributed by atoms with Gasteiger partial charge < -0.3 is 20.1 Å². The number of anilines is 2. The number of ether oxygens (including phenoxy) is 2. The van der Waals surface area contributed by atoms with E-state index in [4.69, 9.17) is 9.47 Å². The van der Waals surface area contributed by atoms with Crippen molar-refractivity contribution in [3.05, 3.63) is 48.2 Å². The van der Waals surface area contributed by atoms with E-state index in [9.17, 15) is 4.79 Å². The van der Waals surface area contributed by atoms with Crippen LogP contribution in [0, 0.1) is 0 Å². The summed E-state index contributed by atoms with van der Waals surface area (Å²) in [6.45, 7) is 1.53. The van der Waals surface area contributed by atoms with Crippen LogP contribution >= 0.6 is 0 Å². The van der Waals surface area contributed by atoms with Gasteiger partial charge in [0.25, 0.3) is 5.91 Å². The van der Waals surface area contributed by atoms with E-state index in [1.807, 2.05) is 6.07 Å². The van der Waals surface area contributed by atoms with E-state index in [1.54, 1.807) is 50.7 Å². The van der Waals surface area contributed by atoms with Gasteiger partial charge in [-0.25, -0.2) is 4.98 Å². The van der Waals surface area contributed by atoms with Gasteiger partial charge >= 0.3 is 0 Å². The van der Waals surface area contributed by atoms with Crippen molar-refractivity contribution >= 4 is 17.4 Å². The van der Waals surface area contributed by atoms with E-state index in [0.717, 1.165) is 25.3 Å². The minimum Gasteiger partial charge on any atom is -0.497 e. The molecule has 1 amide bonds. The van der Waals surface area contributed by atoms with E-state index in [2.05, 4.69) is 15.6 Å². The number of aromatic nitrogens is 1. The largest absolute Gasteiger partial charge is 0.497 e. The number of nitrogens with one attached hydrogen (secondary N) is 2. The fraction of sp³-hybridized carbons (Fsp3) is 0.294. The molecule has 0 fully saturated rings. The van der Waals surface area contributed by atoms with Crippen LogP contribution in [0.2, 0.25) is 0 Å². The average molecular weight is 315 g/mol. The van der Waals surface area contributed by atoms with Gasteiger partial charge in [0, 0.05) is 25.8 Å². The van der Waals surface area contributed by atoms with Crippen molar-refractivity contribution in [2.45, 2.75) is 6.42 Å². The fourth-order valence-electron chi connectivity index (χ4n) is 1.95. The Morgan fingerprint density at radius 1 is 1.13 bits per heavy atom. The van der Waals surface area contributed by atoms with Crippen molar-refractivity contribution in [1.29, 1.82) is 0 Å². The summed E-state index contributed by atoms with van der Waals surface area (Å²) in [7, 11) is 3.27. The van der Waals surface area contributed by atoms with Gasteiger partial charge in [-0.2, -0.15) is 0 Å². The normalized spacial score (nSPS) is 10.2. The minimum absolute atomic E-state index is 0.207. The van der Waals surface area contributed by atoms with Crippen LogP contribution in [0.4, 0.5) is 11.5 Å². The lowest BCUT2D eigenvalue weighted by Gasteiger charge is -2.08. The summed E-state index contributed by atoms with van der Waals surface area (Å²) in [5, 5.41) is 6.00. The Kier molecular flexibility index (Phi) is 6.38. The average Bonchev–Trinajstić information content (AvgIpc) is 2.60. The van der Waals surface area contributed by atoms with E-state index in [0.29, 0.717) is 17.1 Å². The van der Waals surface area contributed by atoms with Crippen LogP contribution in [0.1, 0.15) is 16.8 Å². The van der Waals surface area contributed by atoms with Gasteiger partial charge in [-0.05, 0) is 42.8 Å². The molecule has 0 bridgehead atoms. The molecule has 0 radical (unpaired) electrons. The van der Waals surface area contributed by atoms with E-state index in [1.165, 1.54) is 0 Å². The van der Waals surface area contributed by atoms with Crippen molar-refractivity contribution in [2.24, 2.45) is 0 Å². The van der Waals surface area contributed by atoms with Gasteiger partial charge in [0.1, 0.15) is 11.6 Å². The zero-order valence-electron chi connectivity index (χ0n) is 13.3. The Labute approximate surface area is 135 Å². The molecule has 23 heavy (non-hydrogen) atoms. The zero-order chi connectivity index (χ0) is 16.5. The summed E-state index contributed by atoms with van der Waals surface area (Å²) < 4.78 is 10.1. The molecule has 0 unspecified atom stereocenters. The summed E-state index contributed by atoms with van der Waals surface area (Å²) >= 11 is 0. The molecule has 2 aromatic rings. The third-order valence-electron chi connectivity index (χ3n) is 3.21. The summed E-state index contributed by atoms with van der Waals surface area (Å²) in [6, 6.07) is 10.5. The number of carbonyl (C=O) groups is 1. The van der Waals surface area contributed by atoms with Crippen LogP contribution in [-0.4, -0.2) is 38.3 Å². The third kappa shape index (κ3) is 5.27. The molecule has 0 atom stereocenters. The number of benzene rings is 1. The predicted octanol–water partition coefficient (Wildman–Crippen LogP) is 2.79. The molecule has 1 aromatic heterocycles. The molecule has 6 heteroatoms. The maximum absolute atomic E-state index is 12.1. The first kappa shape index (κ1) is 16.8. The molecule has 1 aromatic carbocycles. The molecule has 0 aliphatic carbocycles. The highest BCUT2D eigenvalue weighted by molar-refractivity contribution is 6.03. The topological polar surface area (TPSA) is 72.5 Å². The van der Waals surface area contributed by atoms with Gasteiger partial charge in [0.15, 0.2) is 0 Å². The van der Waals surface area contributed by atoms with Crippen molar-refractivity contribution in [3.63, 3.8) is 0 Å². The van der Waals surface area contributed by atoms with Crippen molar-refractivity contribution < 1.29 is 14.3 Å². The first-order chi connectivity index (χ1) is 11.2. The molecule has 2 rings (SSSR count). The molecule has 122 valence electrons. The van der Waals surface area contributed by atoms with Crippen LogP contribution in [0.5, 0.6) is 5.75 Å². The second-order valence-corrected chi connectivity index (χ2v) is 4.89. The maximum Gasteiger partial charge on any atom is 0.256 e. The summed E-state index contributed by atoms with van der Waals surface area (Å²) in [5.41, 5.74) is 1.46. The van der Waals surface area contributed by atoms with Gasteiger partial charge in [-0.1, -0.05) is 0 Å². The number of nitrogens with zero attached hydrogens (tertiary/aromatic N) is 1. The van der Waals surface area contributed by atoms with Crippen molar-refractivity contribution in [3.8, 4) is 5.75 Å². The number of methoxy groups -OCH3 is 2. The maximum atomic E-state index is 12.1. The number of carbonyl (C=O) groups excluding carboxylic acids is 1. The number of hydrogen-bond donors (Lipinski definition) is 2. The third-order valence-corrected chi connectivity index (χ3v) is 3.21. The molecule has 0 aliphatic rings. The lowest BCUT2D eigenvalue weighted by atomic mass is 10.2. The SMILES string of the molecule is COCCCNc1ccc(NC(=O)c2ccc(OC)cc2)nc1. The monoisotopic (exact) mass is 315 g/mol. The van der Waals surface area contributed by atoms with Crippen LogP contribution in [0.15, 0.2) is 42.6 Å². The van der Waals surface area contributed by atoms with E-state index < -0.39 is 0 Å². The highest BCUT2D eigenvalue weighted by Crippen LogP contribution is 2.14. The molecule has 2 N–H and O–H groups in total. The summed E-state index contributed by atoms with van der Waals surface area (Å²) in [6.07, 6.45) is 2.61. The first-order valence-electron chi connectivity index (χ1n) is 7.37.